The number of rotatable bonds is 6. The normalized spacial score (nSPS) is 12.9. The highest BCUT2D eigenvalue weighted by atomic mass is 32.2. The molecule has 0 fully saturated rings. The first kappa shape index (κ1) is 16.4. The first-order chi connectivity index (χ1) is 10.4. The molecule has 1 N–H and O–H groups in total. The Morgan fingerprint density at radius 1 is 1.05 bits per heavy atom. The van der Waals surface area contributed by atoms with Crippen LogP contribution in [0, 0.1) is 11.6 Å². The Labute approximate surface area is 127 Å². The van der Waals surface area contributed by atoms with E-state index in [1.807, 2.05) is 6.07 Å². The Morgan fingerprint density at radius 2 is 1.64 bits per heavy atom. The van der Waals surface area contributed by atoms with Crippen molar-refractivity contribution in [3.05, 3.63) is 60.2 Å². The molecule has 0 aromatic heterocycles. The van der Waals surface area contributed by atoms with Crippen molar-refractivity contribution < 1.29 is 21.9 Å². The summed E-state index contributed by atoms with van der Waals surface area (Å²) in [6.07, 6.45) is -0.507. The fourth-order valence-corrected chi connectivity index (χ4v) is 3.06. The van der Waals surface area contributed by atoms with Crippen LogP contribution in [0.25, 0.3) is 0 Å². The number of sulfonamides is 1. The van der Waals surface area contributed by atoms with Gasteiger partial charge in [-0.15, -0.1) is 0 Å². The highest BCUT2D eigenvalue weighted by Crippen LogP contribution is 2.18. The number of hydrogen-bond donors (Lipinski definition) is 1. The van der Waals surface area contributed by atoms with Crippen molar-refractivity contribution in [2.24, 2.45) is 0 Å². The summed E-state index contributed by atoms with van der Waals surface area (Å²) in [5, 5.41) is 0. The summed E-state index contributed by atoms with van der Waals surface area (Å²) >= 11 is 0. The molecule has 4 nitrogen and oxygen atoms in total. The molecule has 1 unspecified atom stereocenters. The van der Waals surface area contributed by atoms with Crippen LogP contribution >= 0.6 is 0 Å². The summed E-state index contributed by atoms with van der Waals surface area (Å²) in [6.45, 7) is 1.53. The molecule has 0 saturated heterocycles. The van der Waals surface area contributed by atoms with Crippen molar-refractivity contribution >= 4 is 10.0 Å². The molecule has 0 heterocycles. The van der Waals surface area contributed by atoms with E-state index in [-0.39, 0.29) is 6.54 Å². The van der Waals surface area contributed by atoms with Crippen LogP contribution in [0.3, 0.4) is 0 Å². The van der Waals surface area contributed by atoms with Crippen molar-refractivity contribution in [1.29, 1.82) is 0 Å². The molecule has 0 aliphatic heterocycles. The quantitative estimate of drug-likeness (QED) is 0.887. The van der Waals surface area contributed by atoms with Gasteiger partial charge in [0.2, 0.25) is 10.0 Å². The van der Waals surface area contributed by atoms with Gasteiger partial charge in [-0.1, -0.05) is 24.3 Å². The molecule has 0 saturated carbocycles. The molecule has 0 amide bonds. The maximum Gasteiger partial charge on any atom is 0.246 e. The van der Waals surface area contributed by atoms with Crippen molar-refractivity contribution in [3.8, 4) is 5.75 Å². The highest BCUT2D eigenvalue weighted by Gasteiger charge is 2.24. The van der Waals surface area contributed by atoms with Crippen LogP contribution in [0.1, 0.15) is 6.92 Å². The topological polar surface area (TPSA) is 55.4 Å². The maximum absolute atomic E-state index is 13.5. The predicted octanol–water partition coefficient (Wildman–Crippen LogP) is 2.71. The third kappa shape index (κ3) is 4.02. The van der Waals surface area contributed by atoms with Crippen LogP contribution in [0.5, 0.6) is 5.75 Å². The number of halogens is 2. The fraction of sp³-hybridized carbons (Fsp3) is 0.200. The molecule has 2 rings (SSSR count). The predicted molar refractivity (Wildman–Crippen MR) is 78.1 cm³/mol. The van der Waals surface area contributed by atoms with Crippen molar-refractivity contribution in [1.82, 2.24) is 4.72 Å². The van der Waals surface area contributed by atoms with E-state index >= 15 is 0 Å². The number of para-hydroxylation sites is 1. The van der Waals surface area contributed by atoms with Crippen molar-refractivity contribution in [2.45, 2.75) is 17.9 Å². The molecule has 118 valence electrons. The van der Waals surface area contributed by atoms with E-state index in [9.17, 15) is 17.2 Å². The van der Waals surface area contributed by atoms with E-state index in [0.717, 1.165) is 18.2 Å². The van der Waals surface area contributed by atoms with Crippen LogP contribution in [0.15, 0.2) is 53.4 Å². The second kappa shape index (κ2) is 6.85. The minimum absolute atomic E-state index is 0.120. The monoisotopic (exact) mass is 327 g/mol. The lowest BCUT2D eigenvalue weighted by atomic mass is 10.3. The molecule has 0 spiro atoms. The molecule has 0 radical (unpaired) electrons. The van der Waals surface area contributed by atoms with Gasteiger partial charge < -0.3 is 4.74 Å². The molecular formula is C15H15F2NO3S. The van der Waals surface area contributed by atoms with E-state index in [4.69, 9.17) is 4.74 Å². The van der Waals surface area contributed by atoms with Gasteiger partial charge in [-0.05, 0) is 31.2 Å². The number of hydrogen-bond acceptors (Lipinski definition) is 3. The zero-order chi connectivity index (χ0) is 16.2. The van der Waals surface area contributed by atoms with Gasteiger partial charge in [0.1, 0.15) is 23.5 Å². The van der Waals surface area contributed by atoms with Gasteiger partial charge in [0.15, 0.2) is 4.90 Å². The van der Waals surface area contributed by atoms with Crippen LogP contribution in [-0.4, -0.2) is 21.1 Å². The largest absolute Gasteiger partial charge is 0.489 e. The van der Waals surface area contributed by atoms with Gasteiger partial charge in [-0.2, -0.15) is 0 Å². The summed E-state index contributed by atoms with van der Waals surface area (Å²) in [4.78, 5) is -0.984. The molecule has 0 aliphatic carbocycles. The maximum atomic E-state index is 13.5. The molecule has 0 bridgehead atoms. The van der Waals surface area contributed by atoms with E-state index in [2.05, 4.69) is 4.72 Å². The smallest absolute Gasteiger partial charge is 0.246 e. The summed E-state index contributed by atoms with van der Waals surface area (Å²) in [5.41, 5.74) is 0. The molecule has 2 aromatic rings. The zero-order valence-corrected chi connectivity index (χ0v) is 12.6. The minimum Gasteiger partial charge on any atom is -0.489 e. The van der Waals surface area contributed by atoms with Gasteiger partial charge in [0.05, 0.1) is 0 Å². The molecule has 1 atom stereocenters. The number of ether oxygens (including phenoxy) is 1. The third-order valence-electron chi connectivity index (χ3n) is 2.83. The van der Waals surface area contributed by atoms with Crippen molar-refractivity contribution in [2.75, 3.05) is 6.54 Å². The summed E-state index contributed by atoms with van der Waals surface area (Å²) in [5.74, 6) is -1.69. The fourth-order valence-electron chi connectivity index (χ4n) is 1.81. The van der Waals surface area contributed by atoms with Crippen LogP contribution < -0.4 is 9.46 Å². The molecule has 7 heteroatoms. The van der Waals surface area contributed by atoms with Gasteiger partial charge in [-0.3, -0.25) is 0 Å². The lowest BCUT2D eigenvalue weighted by Crippen LogP contribution is -2.34. The molecular weight excluding hydrogens is 312 g/mol. The van der Waals surface area contributed by atoms with E-state index in [1.165, 1.54) is 0 Å². The lowest BCUT2D eigenvalue weighted by Gasteiger charge is -2.16. The van der Waals surface area contributed by atoms with Gasteiger partial charge in [-0.25, -0.2) is 21.9 Å². The third-order valence-corrected chi connectivity index (χ3v) is 4.30. The first-order valence-corrected chi connectivity index (χ1v) is 8.04. The summed E-state index contributed by atoms with van der Waals surface area (Å²) < 4.78 is 58.7. The van der Waals surface area contributed by atoms with Crippen LogP contribution in [0.4, 0.5) is 8.78 Å². The molecule has 22 heavy (non-hydrogen) atoms. The van der Waals surface area contributed by atoms with Crippen molar-refractivity contribution in [3.63, 3.8) is 0 Å². The Hall–Kier alpha value is -1.99. The Kier molecular flexibility index (Phi) is 5.10. The van der Waals surface area contributed by atoms with Gasteiger partial charge in [0, 0.05) is 6.54 Å². The van der Waals surface area contributed by atoms with Crippen LogP contribution in [0.2, 0.25) is 0 Å². The Morgan fingerprint density at radius 3 is 2.23 bits per heavy atom. The average Bonchev–Trinajstić information content (AvgIpc) is 2.46. The summed E-state index contributed by atoms with van der Waals surface area (Å²) in [6, 6.07) is 11.7. The second-order valence-corrected chi connectivity index (χ2v) is 6.35. The lowest BCUT2D eigenvalue weighted by molar-refractivity contribution is 0.225. The van der Waals surface area contributed by atoms with E-state index in [0.29, 0.717) is 5.75 Å². The Bertz CT molecular complexity index is 715. The molecule has 0 aliphatic rings. The number of nitrogens with one attached hydrogen (secondary N) is 1. The number of benzene rings is 2. The van der Waals surface area contributed by atoms with Gasteiger partial charge >= 0.3 is 0 Å². The first-order valence-electron chi connectivity index (χ1n) is 6.55. The highest BCUT2D eigenvalue weighted by molar-refractivity contribution is 7.89. The van der Waals surface area contributed by atoms with Gasteiger partial charge in [0.25, 0.3) is 0 Å². The average molecular weight is 327 g/mol. The second-order valence-electron chi connectivity index (χ2n) is 4.64. The molecule has 2 aromatic carbocycles. The Balaban J connectivity index is 2.04. The standard InChI is InChI=1S/C15H15F2NO3S/c1-11(21-12-6-3-2-4-7-12)10-18-22(19,20)15-13(16)8-5-9-14(15)17/h2-9,11,18H,10H2,1H3. The van der Waals surface area contributed by atoms with E-state index < -0.39 is 32.7 Å². The summed E-state index contributed by atoms with van der Waals surface area (Å²) in [7, 11) is -4.29. The zero-order valence-electron chi connectivity index (χ0n) is 11.8. The van der Waals surface area contributed by atoms with E-state index in [1.54, 1.807) is 31.2 Å². The van der Waals surface area contributed by atoms with Crippen LogP contribution in [-0.2, 0) is 10.0 Å². The minimum atomic E-state index is -4.29. The SMILES string of the molecule is CC(CNS(=O)(=O)c1c(F)cccc1F)Oc1ccccc1.